The van der Waals surface area contributed by atoms with Crippen LogP contribution in [0.4, 0.5) is 5.69 Å². The van der Waals surface area contributed by atoms with Gasteiger partial charge in [0, 0.05) is 5.69 Å². The Bertz CT molecular complexity index is 422. The summed E-state index contributed by atoms with van der Waals surface area (Å²) in [5.41, 5.74) is 0.0403. The Balaban J connectivity index is 2.10. The lowest BCUT2D eigenvalue weighted by Gasteiger charge is -2.35. The summed E-state index contributed by atoms with van der Waals surface area (Å²) in [6.07, 6.45) is 4.44. The molecule has 0 saturated heterocycles. The first-order valence-electron chi connectivity index (χ1n) is 6.91. The largest absolute Gasteiger partial charge is 0.494 e. The average Bonchev–Trinajstić information content (AvgIpc) is 2.42. The summed E-state index contributed by atoms with van der Waals surface area (Å²) in [6.45, 7) is 2.57. The molecule has 2 N–H and O–H groups in total. The minimum atomic E-state index is -0.800. The number of hydrogen-bond acceptors (Lipinski definition) is 3. The highest BCUT2D eigenvalue weighted by Gasteiger charge is 2.39. The number of hydrogen-bond donors (Lipinski definition) is 2. The van der Waals surface area contributed by atoms with Crippen LogP contribution in [0.15, 0.2) is 24.3 Å². The third-order valence-electron chi connectivity index (χ3n) is 3.67. The molecule has 0 bridgehead atoms. The van der Waals surface area contributed by atoms with Crippen LogP contribution in [0.2, 0.25) is 0 Å². The van der Waals surface area contributed by atoms with Gasteiger partial charge in [-0.25, -0.2) is 4.79 Å². The summed E-state index contributed by atoms with van der Waals surface area (Å²) in [4.78, 5) is 11.6. The monoisotopic (exact) mass is 263 g/mol. The molecule has 4 nitrogen and oxygen atoms in total. The first kappa shape index (κ1) is 13.7. The lowest BCUT2D eigenvalue weighted by molar-refractivity contribution is -0.143. The van der Waals surface area contributed by atoms with Gasteiger partial charge in [-0.05, 0) is 44.0 Å². The highest BCUT2D eigenvalue weighted by atomic mass is 16.5. The van der Waals surface area contributed by atoms with Crippen molar-refractivity contribution < 1.29 is 14.6 Å². The molecule has 0 amide bonds. The third kappa shape index (κ3) is 3.19. The molecule has 104 valence electrons. The van der Waals surface area contributed by atoms with E-state index in [1.807, 2.05) is 31.2 Å². The van der Waals surface area contributed by atoms with Crippen LogP contribution < -0.4 is 10.1 Å². The molecule has 1 aromatic rings. The van der Waals surface area contributed by atoms with Gasteiger partial charge < -0.3 is 15.2 Å². The van der Waals surface area contributed by atoms with Gasteiger partial charge in [0.2, 0.25) is 0 Å². The topological polar surface area (TPSA) is 58.6 Å². The van der Waals surface area contributed by atoms with E-state index < -0.39 is 11.5 Å². The van der Waals surface area contributed by atoms with E-state index in [0.29, 0.717) is 19.4 Å². The van der Waals surface area contributed by atoms with Crippen LogP contribution in [0.1, 0.15) is 39.0 Å². The van der Waals surface area contributed by atoms with E-state index in [2.05, 4.69) is 5.32 Å². The maximum Gasteiger partial charge on any atom is 0.329 e. The van der Waals surface area contributed by atoms with Crippen molar-refractivity contribution in [3.8, 4) is 5.75 Å². The molecule has 0 unspecified atom stereocenters. The number of carboxylic acids is 1. The molecule has 1 aliphatic carbocycles. The van der Waals surface area contributed by atoms with Gasteiger partial charge in [-0.3, -0.25) is 0 Å². The molecule has 0 heterocycles. The predicted octanol–water partition coefficient (Wildman–Crippen LogP) is 3.28. The molecule has 4 heteroatoms. The van der Waals surface area contributed by atoms with Gasteiger partial charge in [0.1, 0.15) is 11.3 Å². The molecule has 1 fully saturated rings. The summed E-state index contributed by atoms with van der Waals surface area (Å²) in [7, 11) is 0. The molecule has 19 heavy (non-hydrogen) atoms. The molecule has 1 saturated carbocycles. The van der Waals surface area contributed by atoms with Gasteiger partial charge in [-0.15, -0.1) is 0 Å². The Labute approximate surface area is 113 Å². The molecule has 0 aliphatic heterocycles. The summed E-state index contributed by atoms with van der Waals surface area (Å²) in [5.74, 6) is 0.0575. The number of ether oxygens (including phenoxy) is 1. The second kappa shape index (κ2) is 5.95. The second-order valence-corrected chi connectivity index (χ2v) is 5.03. The molecule has 1 aromatic carbocycles. The molecule has 0 aromatic heterocycles. The molecule has 2 rings (SSSR count). The standard InChI is InChI=1S/C15H21NO3/c1-2-19-13-8-6-12(7-9-13)16-15(14(17)18)10-4-3-5-11-15/h6-9,16H,2-5,10-11H2,1H3,(H,17,18). The van der Waals surface area contributed by atoms with Crippen LogP contribution in [-0.2, 0) is 4.79 Å². The maximum atomic E-state index is 11.6. The smallest absolute Gasteiger partial charge is 0.329 e. The average molecular weight is 263 g/mol. The Morgan fingerprint density at radius 1 is 1.26 bits per heavy atom. The van der Waals surface area contributed by atoms with E-state index in [9.17, 15) is 9.90 Å². The van der Waals surface area contributed by atoms with Crippen LogP contribution >= 0.6 is 0 Å². The number of aliphatic carboxylic acids is 1. The number of rotatable bonds is 5. The summed E-state index contributed by atoms with van der Waals surface area (Å²) < 4.78 is 5.38. The van der Waals surface area contributed by atoms with Crippen molar-refractivity contribution in [2.75, 3.05) is 11.9 Å². The van der Waals surface area contributed by atoms with Crippen LogP contribution in [-0.4, -0.2) is 23.2 Å². The van der Waals surface area contributed by atoms with E-state index in [-0.39, 0.29) is 0 Å². The zero-order chi connectivity index (χ0) is 13.7. The van der Waals surface area contributed by atoms with Crippen molar-refractivity contribution in [3.63, 3.8) is 0 Å². The summed E-state index contributed by atoms with van der Waals surface area (Å²) in [6, 6.07) is 7.49. The SMILES string of the molecule is CCOc1ccc(NC2(C(=O)O)CCCCC2)cc1. The van der Waals surface area contributed by atoms with E-state index in [1.54, 1.807) is 0 Å². The van der Waals surface area contributed by atoms with Gasteiger partial charge in [-0.1, -0.05) is 19.3 Å². The Kier molecular flexibility index (Phi) is 4.30. The van der Waals surface area contributed by atoms with Crippen LogP contribution in [0.25, 0.3) is 0 Å². The van der Waals surface area contributed by atoms with Gasteiger partial charge >= 0.3 is 5.97 Å². The third-order valence-corrected chi connectivity index (χ3v) is 3.67. The first-order valence-corrected chi connectivity index (χ1v) is 6.91. The van der Waals surface area contributed by atoms with Gasteiger partial charge in [0.15, 0.2) is 0 Å². The van der Waals surface area contributed by atoms with Gasteiger partial charge in [0.25, 0.3) is 0 Å². The fourth-order valence-electron chi connectivity index (χ4n) is 2.63. The fourth-order valence-corrected chi connectivity index (χ4v) is 2.63. The zero-order valence-corrected chi connectivity index (χ0v) is 11.3. The van der Waals surface area contributed by atoms with Crippen molar-refractivity contribution in [1.82, 2.24) is 0 Å². The van der Waals surface area contributed by atoms with Crippen LogP contribution in [0, 0.1) is 0 Å². The number of anilines is 1. The molecule has 0 radical (unpaired) electrons. The normalized spacial score (nSPS) is 17.7. The van der Waals surface area contributed by atoms with Crippen LogP contribution in [0.5, 0.6) is 5.75 Å². The summed E-state index contributed by atoms with van der Waals surface area (Å²) >= 11 is 0. The highest BCUT2D eigenvalue weighted by Crippen LogP contribution is 2.32. The fraction of sp³-hybridized carbons (Fsp3) is 0.533. The molecular weight excluding hydrogens is 242 g/mol. The lowest BCUT2D eigenvalue weighted by atomic mass is 9.81. The molecule has 0 atom stereocenters. The number of benzene rings is 1. The molecule has 1 aliphatic rings. The minimum absolute atomic E-state index is 0.631. The predicted molar refractivity (Wildman–Crippen MR) is 74.7 cm³/mol. The summed E-state index contributed by atoms with van der Waals surface area (Å²) in [5, 5.41) is 12.7. The molecule has 0 spiro atoms. The Morgan fingerprint density at radius 3 is 2.42 bits per heavy atom. The quantitative estimate of drug-likeness (QED) is 0.856. The molecular formula is C15H21NO3. The number of carboxylic acid groups (broad SMARTS) is 1. The van der Waals surface area contributed by atoms with Crippen molar-refractivity contribution in [2.24, 2.45) is 0 Å². The van der Waals surface area contributed by atoms with Crippen molar-refractivity contribution in [1.29, 1.82) is 0 Å². The van der Waals surface area contributed by atoms with Crippen molar-refractivity contribution >= 4 is 11.7 Å². The second-order valence-electron chi connectivity index (χ2n) is 5.03. The Hall–Kier alpha value is -1.71. The zero-order valence-electron chi connectivity index (χ0n) is 11.3. The van der Waals surface area contributed by atoms with E-state index >= 15 is 0 Å². The van der Waals surface area contributed by atoms with Crippen molar-refractivity contribution in [3.05, 3.63) is 24.3 Å². The van der Waals surface area contributed by atoms with E-state index in [1.165, 1.54) is 0 Å². The van der Waals surface area contributed by atoms with E-state index in [0.717, 1.165) is 30.7 Å². The lowest BCUT2D eigenvalue weighted by Crippen LogP contribution is -2.47. The maximum absolute atomic E-state index is 11.6. The van der Waals surface area contributed by atoms with Gasteiger partial charge in [0.05, 0.1) is 6.61 Å². The number of nitrogens with one attached hydrogen (secondary N) is 1. The minimum Gasteiger partial charge on any atom is -0.494 e. The first-order chi connectivity index (χ1) is 9.16. The Morgan fingerprint density at radius 2 is 1.89 bits per heavy atom. The van der Waals surface area contributed by atoms with E-state index in [4.69, 9.17) is 4.74 Å². The highest BCUT2D eigenvalue weighted by molar-refractivity contribution is 5.83. The van der Waals surface area contributed by atoms with Crippen molar-refractivity contribution in [2.45, 2.75) is 44.6 Å². The number of carbonyl (C=O) groups is 1. The van der Waals surface area contributed by atoms with Gasteiger partial charge in [-0.2, -0.15) is 0 Å². The van der Waals surface area contributed by atoms with Crippen LogP contribution in [0.3, 0.4) is 0 Å².